The van der Waals surface area contributed by atoms with E-state index in [2.05, 4.69) is 5.32 Å². The lowest BCUT2D eigenvalue weighted by molar-refractivity contribution is -0.143. The van der Waals surface area contributed by atoms with Crippen molar-refractivity contribution in [3.63, 3.8) is 0 Å². The fourth-order valence-electron chi connectivity index (χ4n) is 2.17. The molecule has 0 amide bonds. The van der Waals surface area contributed by atoms with Gasteiger partial charge in [0.1, 0.15) is 22.7 Å². The molecule has 28 heavy (non-hydrogen) atoms. The average molecular weight is 428 g/mol. The van der Waals surface area contributed by atoms with Crippen molar-refractivity contribution in [3.8, 4) is 11.5 Å². The average Bonchev–Trinajstić information content (AvgIpc) is 2.62. The maximum atomic E-state index is 13.9. The van der Waals surface area contributed by atoms with E-state index in [9.17, 15) is 30.7 Å². The highest BCUT2D eigenvalue weighted by atomic mass is 32.1. The van der Waals surface area contributed by atoms with Crippen molar-refractivity contribution in [2.45, 2.75) is 6.18 Å². The number of benzene rings is 2. The van der Waals surface area contributed by atoms with Crippen LogP contribution in [-0.4, -0.2) is 19.3 Å². The SMILES string of the molecule is COc1ccc(OC)c(NC(=S)Nc2c(F)c(F)c(C(F)(F)F)c(F)c2F)c1. The maximum absolute atomic E-state index is 13.9. The van der Waals surface area contributed by atoms with Crippen LogP contribution in [0.4, 0.5) is 42.1 Å². The van der Waals surface area contributed by atoms with Crippen molar-refractivity contribution in [2.24, 2.45) is 0 Å². The molecule has 2 aromatic carbocycles. The normalized spacial score (nSPS) is 11.2. The topological polar surface area (TPSA) is 42.5 Å². The van der Waals surface area contributed by atoms with Crippen LogP contribution in [0.25, 0.3) is 0 Å². The molecule has 0 saturated carbocycles. The van der Waals surface area contributed by atoms with E-state index < -0.39 is 45.8 Å². The summed E-state index contributed by atoms with van der Waals surface area (Å²) in [6.07, 6.45) is -5.64. The first-order valence-electron chi connectivity index (χ1n) is 7.24. The van der Waals surface area contributed by atoms with Gasteiger partial charge >= 0.3 is 6.18 Å². The molecule has 0 fully saturated rings. The van der Waals surface area contributed by atoms with Crippen LogP contribution < -0.4 is 20.1 Å². The van der Waals surface area contributed by atoms with Gasteiger partial charge in [0.05, 0.1) is 19.9 Å². The Morgan fingerprint density at radius 3 is 1.93 bits per heavy atom. The van der Waals surface area contributed by atoms with E-state index in [0.29, 0.717) is 5.75 Å². The van der Waals surface area contributed by atoms with E-state index >= 15 is 0 Å². The van der Waals surface area contributed by atoms with E-state index in [1.54, 1.807) is 5.32 Å². The highest BCUT2D eigenvalue weighted by molar-refractivity contribution is 7.80. The van der Waals surface area contributed by atoms with E-state index in [1.807, 2.05) is 0 Å². The molecule has 0 heterocycles. The fraction of sp³-hybridized carbons (Fsp3) is 0.188. The Balaban J connectivity index is 2.38. The molecule has 4 nitrogen and oxygen atoms in total. The predicted octanol–water partition coefficient (Wildman–Crippen LogP) is 5.09. The van der Waals surface area contributed by atoms with Gasteiger partial charge in [0.25, 0.3) is 0 Å². The van der Waals surface area contributed by atoms with Gasteiger partial charge in [-0.05, 0) is 24.4 Å². The highest BCUT2D eigenvalue weighted by Gasteiger charge is 2.42. The molecule has 0 bridgehead atoms. The van der Waals surface area contributed by atoms with Crippen molar-refractivity contribution in [2.75, 3.05) is 24.9 Å². The standard InChI is InChI=1S/C16H11F7N2O2S/c1-26-6-3-4-8(27-2)7(5-6)24-15(28)25-14-12(19)10(17)9(16(21,22)23)11(18)13(14)20/h3-5H,1-2H3,(H2,24,25,28). The summed E-state index contributed by atoms with van der Waals surface area (Å²) < 4.78 is 103. The van der Waals surface area contributed by atoms with Crippen LogP contribution in [0.15, 0.2) is 18.2 Å². The van der Waals surface area contributed by atoms with Crippen molar-refractivity contribution < 1.29 is 40.2 Å². The Morgan fingerprint density at radius 1 is 0.893 bits per heavy atom. The van der Waals surface area contributed by atoms with Crippen LogP contribution in [0.3, 0.4) is 0 Å². The molecule has 0 aromatic heterocycles. The Bertz CT molecular complexity index is 890. The second-order valence-corrected chi connectivity index (χ2v) is 5.56. The zero-order valence-electron chi connectivity index (χ0n) is 14.1. The zero-order valence-corrected chi connectivity index (χ0v) is 14.9. The fourth-order valence-corrected chi connectivity index (χ4v) is 2.38. The van der Waals surface area contributed by atoms with Gasteiger partial charge in [0.2, 0.25) is 0 Å². The van der Waals surface area contributed by atoms with Crippen molar-refractivity contribution in [3.05, 3.63) is 47.0 Å². The summed E-state index contributed by atoms with van der Waals surface area (Å²) in [5.41, 5.74) is -4.06. The van der Waals surface area contributed by atoms with Gasteiger partial charge in [-0.25, -0.2) is 17.6 Å². The monoisotopic (exact) mass is 428 g/mol. The molecule has 0 aliphatic heterocycles. The molecule has 2 aromatic rings. The third-order valence-electron chi connectivity index (χ3n) is 3.44. The minimum absolute atomic E-state index is 0.146. The van der Waals surface area contributed by atoms with E-state index in [1.165, 1.54) is 32.4 Å². The summed E-state index contributed by atoms with van der Waals surface area (Å²) >= 11 is 4.80. The summed E-state index contributed by atoms with van der Waals surface area (Å²) in [6, 6.07) is 4.37. The van der Waals surface area contributed by atoms with Crippen LogP contribution in [-0.2, 0) is 6.18 Å². The number of hydrogen-bond acceptors (Lipinski definition) is 3. The number of methoxy groups -OCH3 is 2. The molecule has 0 aliphatic rings. The number of anilines is 2. The number of halogens is 7. The largest absolute Gasteiger partial charge is 0.497 e. The summed E-state index contributed by atoms with van der Waals surface area (Å²) in [5, 5.41) is 3.66. The third-order valence-corrected chi connectivity index (χ3v) is 3.64. The minimum atomic E-state index is -5.64. The molecule has 0 atom stereocenters. The van der Waals surface area contributed by atoms with Crippen LogP contribution in [0.5, 0.6) is 11.5 Å². The number of nitrogens with one attached hydrogen (secondary N) is 2. The van der Waals surface area contributed by atoms with Crippen molar-refractivity contribution in [1.29, 1.82) is 0 Å². The van der Waals surface area contributed by atoms with E-state index in [0.717, 1.165) is 0 Å². The highest BCUT2D eigenvalue weighted by Crippen LogP contribution is 2.38. The lowest BCUT2D eigenvalue weighted by Gasteiger charge is -2.17. The lowest BCUT2D eigenvalue weighted by Crippen LogP contribution is -2.23. The van der Waals surface area contributed by atoms with Gasteiger partial charge in [-0.3, -0.25) is 0 Å². The molecular weight excluding hydrogens is 417 g/mol. The first kappa shape index (κ1) is 21.5. The number of thiocarbonyl (C=S) groups is 1. The molecule has 0 spiro atoms. The first-order chi connectivity index (χ1) is 13.0. The third kappa shape index (κ3) is 4.21. The second-order valence-electron chi connectivity index (χ2n) is 5.15. The first-order valence-corrected chi connectivity index (χ1v) is 7.65. The molecule has 0 unspecified atom stereocenters. The Hall–Kier alpha value is -2.76. The summed E-state index contributed by atoms with van der Waals surface area (Å²) in [5.74, 6) is -9.21. The number of ether oxygens (including phenoxy) is 2. The summed E-state index contributed by atoms with van der Waals surface area (Å²) in [4.78, 5) is 0. The molecule has 0 saturated heterocycles. The zero-order chi connectivity index (χ0) is 21.2. The van der Waals surface area contributed by atoms with Crippen molar-refractivity contribution in [1.82, 2.24) is 0 Å². The van der Waals surface area contributed by atoms with Gasteiger partial charge in [0.15, 0.2) is 28.4 Å². The van der Waals surface area contributed by atoms with Gasteiger partial charge in [-0.1, -0.05) is 0 Å². The van der Waals surface area contributed by atoms with Crippen molar-refractivity contribution >= 4 is 28.7 Å². The quantitative estimate of drug-likeness (QED) is 0.404. The Kier molecular flexibility index (Phi) is 6.22. The molecular formula is C16H11F7N2O2S. The van der Waals surface area contributed by atoms with Crippen LogP contribution in [0.1, 0.15) is 5.56 Å². The summed E-state index contributed by atoms with van der Waals surface area (Å²) in [6.45, 7) is 0. The Morgan fingerprint density at radius 2 is 1.46 bits per heavy atom. The van der Waals surface area contributed by atoms with E-state index in [-0.39, 0.29) is 11.4 Å². The van der Waals surface area contributed by atoms with Gasteiger partial charge < -0.3 is 20.1 Å². The van der Waals surface area contributed by atoms with Crippen LogP contribution >= 0.6 is 12.2 Å². The Labute approximate surface area is 159 Å². The summed E-state index contributed by atoms with van der Waals surface area (Å²) in [7, 11) is 2.67. The predicted molar refractivity (Wildman–Crippen MR) is 90.7 cm³/mol. The molecule has 152 valence electrons. The second kappa shape index (κ2) is 8.09. The van der Waals surface area contributed by atoms with Gasteiger partial charge in [-0.15, -0.1) is 0 Å². The molecule has 0 radical (unpaired) electrons. The van der Waals surface area contributed by atoms with Gasteiger partial charge in [0, 0.05) is 6.07 Å². The van der Waals surface area contributed by atoms with Crippen LogP contribution in [0, 0.1) is 23.3 Å². The number of alkyl halides is 3. The van der Waals surface area contributed by atoms with Gasteiger partial charge in [-0.2, -0.15) is 13.2 Å². The number of hydrogen-bond donors (Lipinski definition) is 2. The molecule has 12 heteroatoms. The maximum Gasteiger partial charge on any atom is 0.422 e. The smallest absolute Gasteiger partial charge is 0.422 e. The van der Waals surface area contributed by atoms with E-state index in [4.69, 9.17) is 21.7 Å². The lowest BCUT2D eigenvalue weighted by atomic mass is 10.1. The minimum Gasteiger partial charge on any atom is -0.497 e. The molecule has 0 aliphatic carbocycles. The van der Waals surface area contributed by atoms with Crippen LogP contribution in [0.2, 0.25) is 0 Å². The molecule has 2 N–H and O–H groups in total. The molecule has 2 rings (SSSR count). The number of rotatable bonds is 4.